The number of hydrogen-bond donors (Lipinski definition) is 1. The molecular formula is C14H14ClNO2S. The molecule has 3 nitrogen and oxygen atoms in total. The van der Waals surface area contributed by atoms with Crippen molar-refractivity contribution in [3.05, 3.63) is 51.2 Å². The highest BCUT2D eigenvalue weighted by molar-refractivity contribution is 7.08. The number of ether oxygens (including phenoxy) is 1. The molecule has 1 heterocycles. The molecule has 19 heavy (non-hydrogen) atoms. The van der Waals surface area contributed by atoms with E-state index in [2.05, 4.69) is 10.7 Å². The van der Waals surface area contributed by atoms with Gasteiger partial charge in [0, 0.05) is 11.1 Å². The van der Waals surface area contributed by atoms with Gasteiger partial charge in [0.15, 0.2) is 0 Å². The standard InChI is InChI=1S/C14H14ClNO2S/c1-9(10-5-6-19-8-10)16-13-7-11(15)3-4-12(13)14(17)18-2/h3-9,16H,1-2H3. The van der Waals surface area contributed by atoms with Gasteiger partial charge in [-0.05, 0) is 47.5 Å². The quantitative estimate of drug-likeness (QED) is 0.852. The van der Waals surface area contributed by atoms with Gasteiger partial charge in [-0.3, -0.25) is 0 Å². The molecule has 5 heteroatoms. The van der Waals surface area contributed by atoms with Crippen LogP contribution in [0.4, 0.5) is 5.69 Å². The summed E-state index contributed by atoms with van der Waals surface area (Å²) >= 11 is 7.62. The first kappa shape index (κ1) is 13.9. The first-order valence-corrected chi connectivity index (χ1v) is 7.10. The van der Waals surface area contributed by atoms with Gasteiger partial charge in [0.2, 0.25) is 0 Å². The topological polar surface area (TPSA) is 38.3 Å². The Kier molecular flexibility index (Phi) is 4.45. The second-order valence-corrected chi connectivity index (χ2v) is 5.32. The number of carbonyl (C=O) groups excluding carboxylic acids is 1. The van der Waals surface area contributed by atoms with Gasteiger partial charge in [-0.2, -0.15) is 11.3 Å². The van der Waals surface area contributed by atoms with Gasteiger partial charge in [-0.1, -0.05) is 11.6 Å². The predicted octanol–water partition coefficient (Wildman–Crippen LogP) is 4.36. The van der Waals surface area contributed by atoms with Gasteiger partial charge >= 0.3 is 5.97 Å². The van der Waals surface area contributed by atoms with Crippen LogP contribution in [0.15, 0.2) is 35.0 Å². The summed E-state index contributed by atoms with van der Waals surface area (Å²) in [5.41, 5.74) is 2.33. The third-order valence-corrected chi connectivity index (χ3v) is 3.74. The molecule has 0 fully saturated rings. The number of halogens is 1. The fraction of sp³-hybridized carbons (Fsp3) is 0.214. The molecule has 0 aliphatic rings. The fourth-order valence-corrected chi connectivity index (χ4v) is 2.69. The molecule has 1 atom stereocenters. The molecule has 2 rings (SSSR count). The van der Waals surface area contributed by atoms with E-state index < -0.39 is 0 Å². The molecule has 0 spiro atoms. The Morgan fingerprint density at radius 1 is 1.42 bits per heavy atom. The SMILES string of the molecule is COC(=O)c1ccc(Cl)cc1NC(C)c1ccsc1. The summed E-state index contributed by atoms with van der Waals surface area (Å²) in [4.78, 5) is 11.7. The largest absolute Gasteiger partial charge is 0.465 e. The lowest BCUT2D eigenvalue weighted by molar-refractivity contribution is 0.0602. The van der Waals surface area contributed by atoms with Crippen molar-refractivity contribution in [2.45, 2.75) is 13.0 Å². The lowest BCUT2D eigenvalue weighted by Gasteiger charge is -2.17. The van der Waals surface area contributed by atoms with E-state index in [1.807, 2.05) is 18.4 Å². The van der Waals surface area contributed by atoms with E-state index in [4.69, 9.17) is 16.3 Å². The summed E-state index contributed by atoms with van der Waals surface area (Å²) in [7, 11) is 1.36. The van der Waals surface area contributed by atoms with Crippen LogP contribution in [0.3, 0.4) is 0 Å². The van der Waals surface area contributed by atoms with Crippen molar-refractivity contribution < 1.29 is 9.53 Å². The van der Waals surface area contributed by atoms with Crippen molar-refractivity contribution in [1.82, 2.24) is 0 Å². The molecular weight excluding hydrogens is 282 g/mol. The lowest BCUT2D eigenvalue weighted by atomic mass is 10.1. The minimum absolute atomic E-state index is 0.0909. The van der Waals surface area contributed by atoms with Crippen molar-refractivity contribution >= 4 is 34.6 Å². The van der Waals surface area contributed by atoms with E-state index >= 15 is 0 Å². The summed E-state index contributed by atoms with van der Waals surface area (Å²) in [6, 6.07) is 7.21. The summed E-state index contributed by atoms with van der Waals surface area (Å²) in [5, 5.41) is 7.96. The minimum atomic E-state index is -0.378. The van der Waals surface area contributed by atoms with Crippen LogP contribution >= 0.6 is 22.9 Å². The van der Waals surface area contributed by atoms with Gasteiger partial charge in [0.1, 0.15) is 0 Å². The second kappa shape index (κ2) is 6.08. The van der Waals surface area contributed by atoms with Crippen molar-refractivity contribution in [1.29, 1.82) is 0 Å². The molecule has 2 aromatic rings. The molecule has 1 unspecified atom stereocenters. The lowest BCUT2D eigenvalue weighted by Crippen LogP contribution is -2.11. The minimum Gasteiger partial charge on any atom is -0.465 e. The number of esters is 1. The van der Waals surface area contributed by atoms with Gasteiger partial charge in [0.05, 0.1) is 18.4 Å². The average Bonchev–Trinajstić information content (AvgIpc) is 2.92. The Hall–Kier alpha value is -1.52. The Morgan fingerprint density at radius 2 is 2.21 bits per heavy atom. The number of thiophene rings is 1. The maximum absolute atomic E-state index is 11.7. The van der Waals surface area contributed by atoms with Crippen LogP contribution in [-0.4, -0.2) is 13.1 Å². The zero-order valence-electron chi connectivity index (χ0n) is 10.6. The monoisotopic (exact) mass is 295 g/mol. The highest BCUT2D eigenvalue weighted by Gasteiger charge is 2.14. The van der Waals surface area contributed by atoms with Gasteiger partial charge in [0.25, 0.3) is 0 Å². The molecule has 0 aliphatic heterocycles. The first-order chi connectivity index (χ1) is 9.11. The van der Waals surface area contributed by atoms with E-state index in [-0.39, 0.29) is 12.0 Å². The van der Waals surface area contributed by atoms with Crippen LogP contribution in [-0.2, 0) is 4.74 Å². The van der Waals surface area contributed by atoms with E-state index in [1.165, 1.54) is 12.7 Å². The Labute approximate surface area is 121 Å². The number of anilines is 1. The van der Waals surface area contributed by atoms with E-state index in [9.17, 15) is 4.79 Å². The smallest absolute Gasteiger partial charge is 0.339 e. The predicted molar refractivity (Wildman–Crippen MR) is 79.1 cm³/mol. The van der Waals surface area contributed by atoms with Crippen molar-refractivity contribution in [2.75, 3.05) is 12.4 Å². The zero-order valence-corrected chi connectivity index (χ0v) is 12.2. The number of benzene rings is 1. The highest BCUT2D eigenvalue weighted by atomic mass is 35.5. The molecule has 0 amide bonds. The number of hydrogen-bond acceptors (Lipinski definition) is 4. The normalized spacial score (nSPS) is 11.9. The fourth-order valence-electron chi connectivity index (χ4n) is 1.76. The van der Waals surface area contributed by atoms with Crippen molar-refractivity contribution in [3.8, 4) is 0 Å². The Morgan fingerprint density at radius 3 is 2.84 bits per heavy atom. The van der Waals surface area contributed by atoms with Crippen molar-refractivity contribution in [3.63, 3.8) is 0 Å². The highest BCUT2D eigenvalue weighted by Crippen LogP contribution is 2.27. The Bertz CT molecular complexity index is 569. The van der Waals surface area contributed by atoms with Crippen LogP contribution in [0.2, 0.25) is 5.02 Å². The summed E-state index contributed by atoms with van der Waals surface area (Å²) in [6.45, 7) is 2.03. The van der Waals surface area contributed by atoms with E-state index in [0.29, 0.717) is 16.3 Å². The number of nitrogens with one attached hydrogen (secondary N) is 1. The second-order valence-electron chi connectivity index (χ2n) is 4.10. The average molecular weight is 296 g/mol. The first-order valence-electron chi connectivity index (χ1n) is 5.78. The molecule has 0 aliphatic carbocycles. The molecule has 0 saturated heterocycles. The summed E-state index contributed by atoms with van der Waals surface area (Å²) in [6.07, 6.45) is 0. The van der Waals surface area contributed by atoms with Gasteiger partial charge < -0.3 is 10.1 Å². The van der Waals surface area contributed by atoms with E-state index in [1.54, 1.807) is 29.5 Å². The van der Waals surface area contributed by atoms with Crippen LogP contribution < -0.4 is 5.32 Å². The van der Waals surface area contributed by atoms with Crippen LogP contribution in [0.5, 0.6) is 0 Å². The molecule has 0 saturated carbocycles. The molecule has 0 radical (unpaired) electrons. The van der Waals surface area contributed by atoms with Crippen LogP contribution in [0, 0.1) is 0 Å². The molecule has 0 bridgehead atoms. The Balaban J connectivity index is 2.28. The summed E-state index contributed by atoms with van der Waals surface area (Å²) in [5.74, 6) is -0.378. The molecule has 1 aromatic carbocycles. The number of carbonyl (C=O) groups is 1. The zero-order chi connectivity index (χ0) is 13.8. The van der Waals surface area contributed by atoms with Crippen LogP contribution in [0.25, 0.3) is 0 Å². The van der Waals surface area contributed by atoms with E-state index in [0.717, 1.165) is 0 Å². The number of methoxy groups -OCH3 is 1. The molecule has 100 valence electrons. The number of rotatable bonds is 4. The maximum atomic E-state index is 11.7. The van der Waals surface area contributed by atoms with Crippen molar-refractivity contribution in [2.24, 2.45) is 0 Å². The third-order valence-electron chi connectivity index (χ3n) is 2.80. The molecule has 1 N–H and O–H groups in total. The third kappa shape index (κ3) is 3.28. The van der Waals surface area contributed by atoms with Gasteiger partial charge in [-0.25, -0.2) is 4.79 Å². The molecule has 1 aromatic heterocycles. The maximum Gasteiger partial charge on any atom is 0.339 e. The van der Waals surface area contributed by atoms with Crippen LogP contribution in [0.1, 0.15) is 28.9 Å². The van der Waals surface area contributed by atoms with Gasteiger partial charge in [-0.15, -0.1) is 0 Å². The summed E-state index contributed by atoms with van der Waals surface area (Å²) < 4.78 is 4.77.